The Morgan fingerprint density at radius 1 is 1.10 bits per heavy atom. The number of hydrogen-bond acceptors (Lipinski definition) is 6. The normalized spacial score (nSPS) is 13.5. The number of benzene rings is 1. The van der Waals surface area contributed by atoms with Gasteiger partial charge in [0.05, 0.1) is 0 Å². The molecule has 9 nitrogen and oxygen atoms in total. The van der Waals surface area contributed by atoms with Crippen molar-refractivity contribution in [3.63, 3.8) is 0 Å². The van der Waals surface area contributed by atoms with Gasteiger partial charge in [0.25, 0.3) is 0 Å². The first-order valence-electron chi connectivity index (χ1n) is 14.2. The van der Waals surface area contributed by atoms with Gasteiger partial charge in [0.1, 0.15) is 24.2 Å². The summed E-state index contributed by atoms with van der Waals surface area (Å²) in [5.41, 5.74) is 2.39. The first-order chi connectivity index (χ1) is 18.8. The summed E-state index contributed by atoms with van der Waals surface area (Å²) in [7, 11) is 1.69. The molecule has 0 bridgehead atoms. The molecule has 0 saturated carbocycles. The Balaban J connectivity index is 1.51. The SMILES string of the molecule is CC(C)CN(C)C(=O)NC(CCN(CCCCc1ccc2c(n1)NCCC2)CCOc1ccccc1)C(=O)O. The Morgan fingerprint density at radius 3 is 2.64 bits per heavy atom. The first-order valence-corrected chi connectivity index (χ1v) is 14.2. The van der Waals surface area contributed by atoms with Gasteiger partial charge in [0, 0.05) is 38.9 Å². The number of anilines is 1. The second-order valence-corrected chi connectivity index (χ2v) is 10.7. The average Bonchev–Trinajstić information content (AvgIpc) is 2.92. The van der Waals surface area contributed by atoms with Crippen molar-refractivity contribution >= 4 is 17.8 Å². The van der Waals surface area contributed by atoms with E-state index in [1.165, 1.54) is 10.5 Å². The summed E-state index contributed by atoms with van der Waals surface area (Å²) >= 11 is 0. The molecular formula is C30H45N5O4. The Morgan fingerprint density at radius 2 is 1.90 bits per heavy atom. The summed E-state index contributed by atoms with van der Waals surface area (Å²) in [6.45, 7) is 8.12. The second-order valence-electron chi connectivity index (χ2n) is 10.7. The van der Waals surface area contributed by atoms with Crippen molar-refractivity contribution in [2.24, 2.45) is 5.92 Å². The van der Waals surface area contributed by atoms with Crippen molar-refractivity contribution < 1.29 is 19.4 Å². The summed E-state index contributed by atoms with van der Waals surface area (Å²) in [5, 5.41) is 15.8. The van der Waals surface area contributed by atoms with Crippen LogP contribution in [0.4, 0.5) is 10.6 Å². The van der Waals surface area contributed by atoms with E-state index in [1.54, 1.807) is 7.05 Å². The number of pyridine rings is 1. The highest BCUT2D eigenvalue weighted by Gasteiger charge is 2.23. The Bertz CT molecular complexity index is 1030. The van der Waals surface area contributed by atoms with E-state index >= 15 is 0 Å². The molecular weight excluding hydrogens is 494 g/mol. The molecule has 1 aliphatic rings. The lowest BCUT2D eigenvalue weighted by atomic mass is 10.1. The van der Waals surface area contributed by atoms with Gasteiger partial charge < -0.3 is 25.4 Å². The second kappa shape index (κ2) is 15.9. The number of aliphatic carboxylic acids is 1. The monoisotopic (exact) mass is 539 g/mol. The number of carboxylic acids is 1. The number of hydrogen-bond donors (Lipinski definition) is 3. The largest absolute Gasteiger partial charge is 0.492 e. The van der Waals surface area contributed by atoms with E-state index in [4.69, 9.17) is 9.72 Å². The fraction of sp³-hybridized carbons (Fsp3) is 0.567. The van der Waals surface area contributed by atoms with Crippen molar-refractivity contribution in [1.82, 2.24) is 20.1 Å². The maximum absolute atomic E-state index is 12.5. The van der Waals surface area contributed by atoms with Gasteiger partial charge in [-0.05, 0) is 74.8 Å². The Labute approximate surface area is 232 Å². The molecule has 2 amide bonds. The van der Waals surface area contributed by atoms with Gasteiger partial charge in [-0.15, -0.1) is 0 Å². The van der Waals surface area contributed by atoms with Crippen LogP contribution in [0.2, 0.25) is 0 Å². The van der Waals surface area contributed by atoms with Crippen LogP contribution in [0.15, 0.2) is 42.5 Å². The summed E-state index contributed by atoms with van der Waals surface area (Å²) in [4.78, 5) is 33.0. The van der Waals surface area contributed by atoms with E-state index in [-0.39, 0.29) is 6.03 Å². The van der Waals surface area contributed by atoms with E-state index in [1.807, 2.05) is 44.2 Å². The van der Waals surface area contributed by atoms with Crippen molar-refractivity contribution in [3.05, 3.63) is 53.7 Å². The number of fused-ring (bicyclic) bond motifs is 1. The summed E-state index contributed by atoms with van der Waals surface area (Å²) in [6, 6.07) is 12.7. The molecule has 1 aromatic carbocycles. The van der Waals surface area contributed by atoms with E-state index in [2.05, 4.69) is 27.7 Å². The van der Waals surface area contributed by atoms with E-state index < -0.39 is 12.0 Å². The summed E-state index contributed by atoms with van der Waals surface area (Å²) in [5.74, 6) is 1.12. The Kier molecular flexibility index (Phi) is 12.3. The molecule has 1 unspecified atom stereocenters. The predicted molar refractivity (Wildman–Crippen MR) is 154 cm³/mol. The highest BCUT2D eigenvalue weighted by Crippen LogP contribution is 2.20. The molecule has 1 aromatic heterocycles. The number of unbranched alkanes of at least 4 members (excludes halogenated alkanes) is 1. The van der Waals surface area contributed by atoms with E-state index in [0.717, 1.165) is 62.5 Å². The zero-order valence-corrected chi connectivity index (χ0v) is 23.7. The van der Waals surface area contributed by atoms with Gasteiger partial charge in [-0.3, -0.25) is 4.90 Å². The third-order valence-electron chi connectivity index (χ3n) is 6.84. The summed E-state index contributed by atoms with van der Waals surface area (Å²) in [6.07, 6.45) is 5.40. The number of carbonyl (C=O) groups excluding carboxylic acids is 1. The molecule has 0 fully saturated rings. The maximum atomic E-state index is 12.5. The third-order valence-corrected chi connectivity index (χ3v) is 6.84. The molecule has 9 heteroatoms. The minimum absolute atomic E-state index is 0.303. The van der Waals surface area contributed by atoms with Gasteiger partial charge >= 0.3 is 12.0 Å². The lowest BCUT2D eigenvalue weighted by molar-refractivity contribution is -0.139. The van der Waals surface area contributed by atoms with Crippen LogP contribution >= 0.6 is 0 Å². The topological polar surface area (TPSA) is 107 Å². The van der Waals surface area contributed by atoms with Crippen molar-refractivity contribution in [3.8, 4) is 5.75 Å². The fourth-order valence-corrected chi connectivity index (χ4v) is 4.75. The van der Waals surface area contributed by atoms with Crippen molar-refractivity contribution in [2.45, 2.75) is 58.4 Å². The standard InChI is InChI=1S/C30H45N5O4/c1-23(2)22-34(3)30(38)33-27(29(36)37)16-19-35(20-21-39-26-12-5-4-6-13-26)18-8-7-11-25-15-14-24-10-9-17-31-28(24)32-25/h4-6,12-15,23,27H,7-11,16-22H2,1-3H3,(H,31,32)(H,33,38)(H,36,37). The minimum Gasteiger partial charge on any atom is -0.492 e. The van der Waals surface area contributed by atoms with Crippen LogP contribution in [0, 0.1) is 5.92 Å². The fourth-order valence-electron chi connectivity index (χ4n) is 4.75. The zero-order valence-electron chi connectivity index (χ0n) is 23.7. The number of para-hydroxylation sites is 1. The molecule has 0 radical (unpaired) electrons. The quantitative estimate of drug-likeness (QED) is 0.273. The lowest BCUT2D eigenvalue weighted by Gasteiger charge is -2.26. The number of nitrogens with one attached hydrogen (secondary N) is 2. The van der Waals surface area contributed by atoms with Crippen molar-refractivity contribution in [2.75, 3.05) is 51.7 Å². The number of nitrogens with zero attached hydrogens (tertiary/aromatic N) is 3. The van der Waals surface area contributed by atoms with Crippen LogP contribution in [0.3, 0.4) is 0 Å². The molecule has 0 aliphatic carbocycles. The van der Waals surface area contributed by atoms with Crippen LogP contribution in [0.5, 0.6) is 5.75 Å². The lowest BCUT2D eigenvalue weighted by Crippen LogP contribution is -2.48. The number of rotatable bonds is 16. The molecule has 3 rings (SSSR count). The molecule has 0 spiro atoms. The van der Waals surface area contributed by atoms with Crippen molar-refractivity contribution in [1.29, 1.82) is 0 Å². The van der Waals surface area contributed by atoms with Gasteiger partial charge in [-0.1, -0.05) is 38.1 Å². The molecule has 1 aliphatic heterocycles. The average molecular weight is 540 g/mol. The smallest absolute Gasteiger partial charge is 0.326 e. The first kappa shape index (κ1) is 30.2. The van der Waals surface area contributed by atoms with Crippen LogP contribution in [-0.4, -0.2) is 84.3 Å². The molecule has 2 heterocycles. The van der Waals surface area contributed by atoms with Crippen LogP contribution in [0.25, 0.3) is 0 Å². The number of ether oxygens (including phenoxy) is 1. The predicted octanol–water partition coefficient (Wildman–Crippen LogP) is 4.28. The number of carboxylic acid groups (broad SMARTS) is 1. The molecule has 214 valence electrons. The summed E-state index contributed by atoms with van der Waals surface area (Å²) < 4.78 is 5.90. The molecule has 2 aromatic rings. The number of aryl methyl sites for hydroxylation is 2. The third kappa shape index (κ3) is 10.8. The molecule has 3 N–H and O–H groups in total. The highest BCUT2D eigenvalue weighted by molar-refractivity contribution is 5.82. The molecule has 0 saturated heterocycles. The van der Waals surface area contributed by atoms with Crippen LogP contribution < -0.4 is 15.4 Å². The molecule has 39 heavy (non-hydrogen) atoms. The van der Waals surface area contributed by atoms with Crippen LogP contribution in [0.1, 0.15) is 50.8 Å². The van der Waals surface area contributed by atoms with E-state index in [9.17, 15) is 14.7 Å². The van der Waals surface area contributed by atoms with Gasteiger partial charge in [-0.25, -0.2) is 14.6 Å². The van der Waals surface area contributed by atoms with Gasteiger partial charge in [0.15, 0.2) is 0 Å². The number of aromatic nitrogens is 1. The zero-order chi connectivity index (χ0) is 28.0. The highest BCUT2D eigenvalue weighted by atomic mass is 16.5. The van der Waals surface area contributed by atoms with E-state index in [0.29, 0.717) is 38.6 Å². The van der Waals surface area contributed by atoms with Gasteiger partial charge in [0.2, 0.25) is 0 Å². The molecule has 1 atom stereocenters. The minimum atomic E-state index is -1.02. The number of urea groups is 1. The number of carbonyl (C=O) groups is 2. The number of amides is 2. The van der Waals surface area contributed by atoms with Gasteiger partial charge in [-0.2, -0.15) is 0 Å². The Hall–Kier alpha value is -3.33. The van der Waals surface area contributed by atoms with Crippen LogP contribution in [-0.2, 0) is 17.6 Å². The maximum Gasteiger partial charge on any atom is 0.326 e.